The van der Waals surface area contributed by atoms with Crippen molar-refractivity contribution in [1.29, 1.82) is 0 Å². The van der Waals surface area contributed by atoms with Gasteiger partial charge >= 0.3 is 6.03 Å². The highest BCUT2D eigenvalue weighted by Crippen LogP contribution is 2.34. The van der Waals surface area contributed by atoms with Gasteiger partial charge in [-0.15, -0.1) is 0 Å². The van der Waals surface area contributed by atoms with E-state index >= 15 is 0 Å². The smallest absolute Gasteiger partial charge is 0.325 e. The van der Waals surface area contributed by atoms with Crippen molar-refractivity contribution >= 4 is 11.9 Å². The minimum absolute atomic E-state index is 0.0308. The maximum Gasteiger partial charge on any atom is 0.325 e. The number of phenols is 1. The van der Waals surface area contributed by atoms with E-state index < -0.39 is 5.54 Å². The molecule has 124 valence electrons. The maximum atomic E-state index is 12.5. The normalized spacial score (nSPS) is 21.0. The van der Waals surface area contributed by atoms with Crippen molar-refractivity contribution < 1.29 is 14.7 Å². The van der Waals surface area contributed by atoms with Crippen LogP contribution in [0, 0.1) is 0 Å². The van der Waals surface area contributed by atoms with Crippen LogP contribution in [0.15, 0.2) is 24.3 Å². The minimum atomic E-state index is -0.631. The Morgan fingerprint density at radius 3 is 2.78 bits per heavy atom. The van der Waals surface area contributed by atoms with Crippen LogP contribution in [0.1, 0.15) is 44.2 Å². The summed E-state index contributed by atoms with van der Waals surface area (Å²) in [5, 5.41) is 15.7. The van der Waals surface area contributed by atoms with Gasteiger partial charge in [0.05, 0.1) is 0 Å². The minimum Gasteiger partial charge on any atom is -0.508 e. The molecule has 2 fully saturated rings. The Kier molecular flexibility index (Phi) is 4.26. The summed E-state index contributed by atoms with van der Waals surface area (Å²) >= 11 is 0. The fourth-order valence-corrected chi connectivity index (χ4v) is 3.50. The molecule has 3 N–H and O–H groups in total. The molecule has 1 aliphatic heterocycles. The molecule has 1 saturated heterocycles. The summed E-state index contributed by atoms with van der Waals surface area (Å²) in [6.45, 7) is 2.86. The molecule has 1 aromatic rings. The third kappa shape index (κ3) is 3.03. The summed E-state index contributed by atoms with van der Waals surface area (Å²) in [5.41, 5.74) is 0.336. The lowest BCUT2D eigenvalue weighted by Crippen LogP contribution is -2.44. The lowest BCUT2D eigenvalue weighted by Gasteiger charge is -2.21. The van der Waals surface area contributed by atoms with Crippen molar-refractivity contribution in [3.05, 3.63) is 29.8 Å². The number of hydrogen-bond acceptors (Lipinski definition) is 4. The van der Waals surface area contributed by atoms with Crippen molar-refractivity contribution in [1.82, 2.24) is 15.5 Å². The van der Waals surface area contributed by atoms with E-state index in [0.717, 1.165) is 31.2 Å². The Balaban J connectivity index is 1.54. The number of aromatic hydroxyl groups is 1. The lowest BCUT2D eigenvalue weighted by molar-refractivity contribution is -0.131. The van der Waals surface area contributed by atoms with Crippen LogP contribution in [0.2, 0.25) is 0 Å². The number of benzene rings is 1. The molecule has 0 unspecified atom stereocenters. The summed E-state index contributed by atoms with van der Waals surface area (Å²) in [6, 6.07) is 6.82. The highest BCUT2D eigenvalue weighted by atomic mass is 16.3. The van der Waals surface area contributed by atoms with E-state index in [2.05, 4.69) is 10.6 Å². The van der Waals surface area contributed by atoms with Crippen LogP contribution in [0.5, 0.6) is 5.75 Å². The predicted molar refractivity (Wildman–Crippen MR) is 86.0 cm³/mol. The van der Waals surface area contributed by atoms with Gasteiger partial charge in [0.15, 0.2) is 0 Å². The summed E-state index contributed by atoms with van der Waals surface area (Å²) in [4.78, 5) is 25.9. The second-order valence-electron chi connectivity index (χ2n) is 6.45. The number of rotatable bonds is 5. The van der Waals surface area contributed by atoms with Crippen molar-refractivity contribution in [3.8, 4) is 5.75 Å². The first-order valence-electron chi connectivity index (χ1n) is 8.18. The second kappa shape index (κ2) is 6.20. The first kappa shape index (κ1) is 15.8. The van der Waals surface area contributed by atoms with E-state index in [1.54, 1.807) is 18.2 Å². The number of hydrogen-bond donors (Lipinski definition) is 3. The molecule has 1 aliphatic carbocycles. The van der Waals surface area contributed by atoms with Crippen LogP contribution >= 0.6 is 0 Å². The average molecular weight is 317 g/mol. The van der Waals surface area contributed by atoms with Gasteiger partial charge in [0, 0.05) is 19.1 Å². The number of urea groups is 1. The topological polar surface area (TPSA) is 81.7 Å². The Morgan fingerprint density at radius 2 is 2.09 bits per heavy atom. The number of carbonyl (C=O) groups excluding carboxylic acids is 2. The zero-order valence-electron chi connectivity index (χ0n) is 13.3. The fraction of sp³-hybridized carbons (Fsp3) is 0.529. The largest absolute Gasteiger partial charge is 0.508 e. The van der Waals surface area contributed by atoms with Gasteiger partial charge in [-0.2, -0.15) is 0 Å². The molecule has 1 aromatic carbocycles. The molecule has 0 radical (unpaired) electrons. The Labute approximate surface area is 135 Å². The SMILES string of the molecule is C[C@H](NCCN1C(=O)NC2(CCCC2)C1=O)c1cccc(O)c1. The molecular weight excluding hydrogens is 294 g/mol. The monoisotopic (exact) mass is 317 g/mol. The van der Waals surface area contributed by atoms with E-state index in [0.29, 0.717) is 13.1 Å². The van der Waals surface area contributed by atoms with Gasteiger partial charge in [-0.05, 0) is 37.5 Å². The number of phenolic OH excluding ortho intramolecular Hbond substituents is 1. The Bertz CT molecular complexity index is 611. The van der Waals surface area contributed by atoms with Crippen LogP contribution in [0.4, 0.5) is 4.79 Å². The highest BCUT2D eigenvalue weighted by Gasteiger charge is 2.52. The van der Waals surface area contributed by atoms with E-state index in [-0.39, 0.29) is 23.7 Å². The predicted octanol–water partition coefficient (Wildman–Crippen LogP) is 1.91. The van der Waals surface area contributed by atoms with Gasteiger partial charge in [0.1, 0.15) is 11.3 Å². The molecule has 6 heteroatoms. The van der Waals surface area contributed by atoms with Gasteiger partial charge in [-0.25, -0.2) is 4.79 Å². The Morgan fingerprint density at radius 1 is 1.35 bits per heavy atom. The molecule has 3 rings (SSSR count). The maximum absolute atomic E-state index is 12.5. The molecular formula is C17H23N3O3. The van der Waals surface area contributed by atoms with Gasteiger partial charge in [0.2, 0.25) is 0 Å². The number of amides is 3. The first-order chi connectivity index (χ1) is 11.0. The average Bonchev–Trinajstić information content (AvgIpc) is 3.08. The fourth-order valence-electron chi connectivity index (χ4n) is 3.50. The van der Waals surface area contributed by atoms with E-state index in [1.165, 1.54) is 4.90 Å². The molecule has 1 atom stereocenters. The second-order valence-corrected chi connectivity index (χ2v) is 6.45. The molecule has 2 aliphatic rings. The molecule has 23 heavy (non-hydrogen) atoms. The van der Waals surface area contributed by atoms with Gasteiger partial charge < -0.3 is 15.7 Å². The van der Waals surface area contributed by atoms with Crippen LogP contribution < -0.4 is 10.6 Å². The molecule has 1 spiro atoms. The summed E-state index contributed by atoms with van der Waals surface area (Å²) in [5.74, 6) is 0.153. The summed E-state index contributed by atoms with van der Waals surface area (Å²) < 4.78 is 0. The third-order valence-electron chi connectivity index (χ3n) is 4.86. The summed E-state index contributed by atoms with van der Waals surface area (Å²) in [7, 11) is 0. The Hall–Kier alpha value is -2.08. The molecule has 0 bridgehead atoms. The third-order valence-corrected chi connectivity index (χ3v) is 4.86. The number of carbonyl (C=O) groups is 2. The molecule has 1 heterocycles. The zero-order chi connectivity index (χ0) is 16.4. The van der Waals surface area contributed by atoms with Gasteiger partial charge in [-0.3, -0.25) is 9.69 Å². The van der Waals surface area contributed by atoms with E-state index in [1.807, 2.05) is 13.0 Å². The van der Waals surface area contributed by atoms with Crippen LogP contribution in [-0.4, -0.2) is 40.6 Å². The van der Waals surface area contributed by atoms with Crippen LogP contribution in [-0.2, 0) is 4.79 Å². The zero-order valence-corrected chi connectivity index (χ0v) is 13.3. The molecule has 6 nitrogen and oxygen atoms in total. The first-order valence-corrected chi connectivity index (χ1v) is 8.18. The van der Waals surface area contributed by atoms with Crippen molar-refractivity contribution in [2.75, 3.05) is 13.1 Å². The van der Waals surface area contributed by atoms with Crippen molar-refractivity contribution in [2.24, 2.45) is 0 Å². The quantitative estimate of drug-likeness (QED) is 0.725. The van der Waals surface area contributed by atoms with Crippen LogP contribution in [0.3, 0.4) is 0 Å². The standard InChI is InChI=1S/C17H23N3O3/c1-12(13-5-4-6-14(21)11-13)18-9-10-20-15(22)17(19-16(20)23)7-2-3-8-17/h4-6,11-12,18,21H,2-3,7-10H2,1H3,(H,19,23)/t12-/m0/s1. The molecule has 3 amide bonds. The number of nitrogens with one attached hydrogen (secondary N) is 2. The molecule has 1 saturated carbocycles. The van der Waals surface area contributed by atoms with Crippen molar-refractivity contribution in [3.63, 3.8) is 0 Å². The van der Waals surface area contributed by atoms with Gasteiger partial charge in [0.25, 0.3) is 5.91 Å². The summed E-state index contributed by atoms with van der Waals surface area (Å²) in [6.07, 6.45) is 3.49. The van der Waals surface area contributed by atoms with Gasteiger partial charge in [-0.1, -0.05) is 25.0 Å². The van der Waals surface area contributed by atoms with Crippen molar-refractivity contribution in [2.45, 2.75) is 44.2 Å². The van der Waals surface area contributed by atoms with Crippen LogP contribution in [0.25, 0.3) is 0 Å². The van der Waals surface area contributed by atoms with E-state index in [4.69, 9.17) is 0 Å². The lowest BCUT2D eigenvalue weighted by atomic mass is 9.98. The number of imide groups is 1. The highest BCUT2D eigenvalue weighted by molar-refractivity contribution is 6.07. The van der Waals surface area contributed by atoms with E-state index in [9.17, 15) is 14.7 Å². The number of nitrogens with zero attached hydrogens (tertiary/aromatic N) is 1. The molecule has 0 aromatic heterocycles.